The van der Waals surface area contributed by atoms with E-state index < -0.39 is 5.92 Å². The van der Waals surface area contributed by atoms with Crippen LogP contribution in [-0.2, 0) is 11.2 Å². The molecular weight excluding hydrogens is 216 g/mol. The van der Waals surface area contributed by atoms with Crippen LogP contribution in [0, 0.1) is 28.6 Å². The van der Waals surface area contributed by atoms with E-state index >= 15 is 0 Å². The van der Waals surface area contributed by atoms with E-state index in [2.05, 4.69) is 0 Å². The van der Waals surface area contributed by atoms with E-state index in [1.54, 1.807) is 19.2 Å². The van der Waals surface area contributed by atoms with Gasteiger partial charge in [0, 0.05) is 6.42 Å². The number of hydrogen-bond donors (Lipinski definition) is 0. The first-order valence-corrected chi connectivity index (χ1v) is 5.16. The van der Waals surface area contributed by atoms with Crippen LogP contribution in [-0.4, -0.2) is 12.9 Å². The van der Waals surface area contributed by atoms with E-state index in [1.807, 2.05) is 24.3 Å². The summed E-state index contributed by atoms with van der Waals surface area (Å²) in [5.41, 5.74) is 0.980. The zero-order valence-electron chi connectivity index (χ0n) is 9.51. The summed E-state index contributed by atoms with van der Waals surface area (Å²) in [4.78, 5) is 11.4. The molecule has 0 heterocycles. The van der Waals surface area contributed by atoms with Gasteiger partial charge < -0.3 is 4.74 Å². The van der Waals surface area contributed by atoms with Gasteiger partial charge in [-0.05, 0) is 24.1 Å². The fourth-order valence-corrected chi connectivity index (χ4v) is 1.38. The van der Waals surface area contributed by atoms with Gasteiger partial charge in [-0.25, -0.2) is 0 Å². The topological polar surface area (TPSA) is 73.9 Å². The molecule has 0 fully saturated rings. The van der Waals surface area contributed by atoms with Gasteiger partial charge in [-0.1, -0.05) is 12.1 Å². The number of carbonyl (C=O) groups is 1. The van der Waals surface area contributed by atoms with Crippen LogP contribution >= 0.6 is 0 Å². The summed E-state index contributed by atoms with van der Waals surface area (Å²) in [6.07, 6.45) is 0.737. The molecule has 4 heteroatoms. The minimum Gasteiger partial charge on any atom is -0.497 e. The van der Waals surface area contributed by atoms with Crippen molar-refractivity contribution in [2.75, 3.05) is 7.11 Å². The van der Waals surface area contributed by atoms with Gasteiger partial charge in [-0.15, -0.1) is 0 Å². The van der Waals surface area contributed by atoms with Gasteiger partial charge >= 0.3 is 0 Å². The molecule has 0 amide bonds. The van der Waals surface area contributed by atoms with Crippen molar-refractivity contribution in [3.05, 3.63) is 29.8 Å². The number of aryl methyl sites for hydroxylation is 1. The lowest BCUT2D eigenvalue weighted by molar-refractivity contribution is -0.119. The first-order chi connectivity index (χ1) is 8.21. The lowest BCUT2D eigenvalue weighted by Crippen LogP contribution is -2.11. The largest absolute Gasteiger partial charge is 0.497 e. The van der Waals surface area contributed by atoms with Gasteiger partial charge in [0.2, 0.25) is 0 Å². The van der Waals surface area contributed by atoms with Crippen molar-refractivity contribution in [1.82, 2.24) is 0 Å². The molecule has 0 bridgehead atoms. The smallest absolute Gasteiger partial charge is 0.191 e. The van der Waals surface area contributed by atoms with Crippen molar-refractivity contribution in [2.24, 2.45) is 5.92 Å². The summed E-state index contributed by atoms with van der Waals surface area (Å²) in [7, 11) is 1.59. The molecule has 4 nitrogen and oxygen atoms in total. The van der Waals surface area contributed by atoms with Crippen molar-refractivity contribution in [3.8, 4) is 17.9 Å². The van der Waals surface area contributed by atoms with Crippen LogP contribution in [0.1, 0.15) is 12.0 Å². The molecule has 17 heavy (non-hydrogen) atoms. The molecule has 86 valence electrons. The second-order valence-electron chi connectivity index (χ2n) is 3.51. The quantitative estimate of drug-likeness (QED) is 0.770. The molecule has 1 rings (SSSR count). The van der Waals surface area contributed by atoms with Crippen molar-refractivity contribution in [3.63, 3.8) is 0 Å². The van der Waals surface area contributed by atoms with Gasteiger partial charge in [0.1, 0.15) is 5.75 Å². The van der Waals surface area contributed by atoms with E-state index in [4.69, 9.17) is 15.3 Å². The minimum absolute atomic E-state index is 0.206. The average molecular weight is 228 g/mol. The highest BCUT2D eigenvalue weighted by Crippen LogP contribution is 2.13. The summed E-state index contributed by atoms with van der Waals surface area (Å²) >= 11 is 0. The predicted octanol–water partition coefficient (Wildman–Crippen LogP) is 1.86. The van der Waals surface area contributed by atoms with Crippen molar-refractivity contribution in [1.29, 1.82) is 10.5 Å². The zero-order valence-corrected chi connectivity index (χ0v) is 9.51. The number of nitriles is 2. The highest BCUT2D eigenvalue weighted by atomic mass is 16.5. The number of ketones is 1. The Bertz CT molecular complexity index is 452. The molecule has 0 aliphatic rings. The summed E-state index contributed by atoms with van der Waals surface area (Å²) in [5, 5.41) is 17.1. The van der Waals surface area contributed by atoms with Gasteiger partial charge in [-0.2, -0.15) is 10.5 Å². The summed E-state index contributed by atoms with van der Waals surface area (Å²) in [6, 6.07) is 10.7. The molecule has 0 aliphatic heterocycles. The molecule has 0 aliphatic carbocycles. The SMILES string of the molecule is COc1ccc(CCC(=O)C(C#N)C#N)cc1. The standard InChI is InChI=1S/C13H12N2O2/c1-17-12-5-2-10(3-6-12)4-7-13(16)11(8-14)9-15/h2-3,5-6,11H,4,7H2,1H3. The molecule has 0 spiro atoms. The maximum atomic E-state index is 11.4. The van der Waals surface area contributed by atoms with Gasteiger partial charge in [0.25, 0.3) is 0 Å². The van der Waals surface area contributed by atoms with E-state index in [9.17, 15) is 4.79 Å². The number of Topliss-reactive ketones (excluding diaryl/α,β-unsaturated/α-hetero) is 1. The molecule has 1 aromatic carbocycles. The highest BCUT2D eigenvalue weighted by Gasteiger charge is 2.16. The number of benzene rings is 1. The molecule has 0 saturated carbocycles. The first kappa shape index (κ1) is 12.7. The van der Waals surface area contributed by atoms with Crippen molar-refractivity contribution in [2.45, 2.75) is 12.8 Å². The Kier molecular flexibility index (Phi) is 4.72. The molecule has 1 aromatic rings. The second kappa shape index (κ2) is 6.30. The average Bonchev–Trinajstić information content (AvgIpc) is 2.38. The van der Waals surface area contributed by atoms with E-state index in [0.29, 0.717) is 6.42 Å². The molecule has 0 atom stereocenters. The van der Waals surface area contributed by atoms with Crippen LogP contribution in [0.15, 0.2) is 24.3 Å². The third kappa shape index (κ3) is 3.62. The Morgan fingerprint density at radius 3 is 2.35 bits per heavy atom. The van der Waals surface area contributed by atoms with E-state index in [1.165, 1.54) is 0 Å². The Morgan fingerprint density at radius 1 is 1.29 bits per heavy atom. The summed E-state index contributed by atoms with van der Waals surface area (Å²) < 4.78 is 5.01. The number of methoxy groups -OCH3 is 1. The maximum Gasteiger partial charge on any atom is 0.191 e. The zero-order chi connectivity index (χ0) is 12.7. The number of rotatable bonds is 5. The predicted molar refractivity (Wildman–Crippen MR) is 61.0 cm³/mol. The molecule has 0 aromatic heterocycles. The van der Waals surface area contributed by atoms with E-state index in [0.717, 1.165) is 11.3 Å². The lowest BCUT2D eigenvalue weighted by atomic mass is 10.0. The van der Waals surface area contributed by atoms with Crippen LogP contribution in [0.3, 0.4) is 0 Å². The number of carbonyl (C=O) groups excluding carboxylic acids is 1. The van der Waals surface area contributed by atoms with Crippen molar-refractivity contribution >= 4 is 5.78 Å². The molecule has 0 radical (unpaired) electrons. The van der Waals surface area contributed by atoms with Crippen LogP contribution in [0.4, 0.5) is 0 Å². The Labute approximate surface area is 100 Å². The van der Waals surface area contributed by atoms with Crippen LogP contribution in [0.2, 0.25) is 0 Å². The Hall–Kier alpha value is -2.33. The third-order valence-electron chi connectivity index (χ3n) is 2.40. The van der Waals surface area contributed by atoms with Crippen molar-refractivity contribution < 1.29 is 9.53 Å². The normalized spacial score (nSPS) is 9.41. The minimum atomic E-state index is -1.15. The monoisotopic (exact) mass is 228 g/mol. The number of nitrogens with zero attached hydrogens (tertiary/aromatic N) is 2. The maximum absolute atomic E-state index is 11.4. The Morgan fingerprint density at radius 2 is 1.88 bits per heavy atom. The first-order valence-electron chi connectivity index (χ1n) is 5.16. The third-order valence-corrected chi connectivity index (χ3v) is 2.40. The lowest BCUT2D eigenvalue weighted by Gasteiger charge is -2.03. The number of ether oxygens (including phenoxy) is 1. The van der Waals surface area contributed by atoms with Gasteiger partial charge in [0.05, 0.1) is 19.2 Å². The highest BCUT2D eigenvalue weighted by molar-refractivity contribution is 5.85. The number of hydrogen-bond acceptors (Lipinski definition) is 4. The van der Waals surface area contributed by atoms with Gasteiger partial charge in [0.15, 0.2) is 11.7 Å². The molecule has 0 N–H and O–H groups in total. The second-order valence-corrected chi connectivity index (χ2v) is 3.51. The van der Waals surface area contributed by atoms with Crippen LogP contribution in [0.25, 0.3) is 0 Å². The molecule has 0 saturated heterocycles. The fourth-order valence-electron chi connectivity index (χ4n) is 1.38. The molecular formula is C13H12N2O2. The van der Waals surface area contributed by atoms with E-state index in [-0.39, 0.29) is 12.2 Å². The van der Waals surface area contributed by atoms with Gasteiger partial charge in [-0.3, -0.25) is 4.79 Å². The van der Waals surface area contributed by atoms with Crippen LogP contribution < -0.4 is 4.74 Å². The summed E-state index contributed by atoms with van der Waals surface area (Å²) in [6.45, 7) is 0. The Balaban J connectivity index is 2.54. The van der Waals surface area contributed by atoms with Crippen LogP contribution in [0.5, 0.6) is 5.75 Å². The summed E-state index contributed by atoms with van der Waals surface area (Å²) in [5.74, 6) is -0.717. The molecule has 0 unspecified atom stereocenters. The fraction of sp³-hybridized carbons (Fsp3) is 0.308.